The lowest BCUT2D eigenvalue weighted by molar-refractivity contribution is -0.141. The highest BCUT2D eigenvalue weighted by Gasteiger charge is 2.40. The molecule has 3 rings (SSSR count). The number of nitrogens with zero attached hydrogens (tertiary/aromatic N) is 2. The molecular formula is C20H37N3O. The van der Waals surface area contributed by atoms with Crippen molar-refractivity contribution in [3.63, 3.8) is 0 Å². The summed E-state index contributed by atoms with van der Waals surface area (Å²) in [5.74, 6) is 1.93. The van der Waals surface area contributed by atoms with Gasteiger partial charge >= 0.3 is 0 Å². The molecule has 3 unspecified atom stereocenters. The van der Waals surface area contributed by atoms with E-state index in [9.17, 15) is 4.79 Å². The lowest BCUT2D eigenvalue weighted by Gasteiger charge is -2.43. The third-order valence-corrected chi connectivity index (χ3v) is 6.78. The van der Waals surface area contributed by atoms with Gasteiger partial charge in [0, 0.05) is 25.2 Å². The standard InChI is InChI=1S/C20H37N3O/c1-16-8-12-22(13-9-16)14-17-6-5-11-23(15-17)19(24)18-7-3-4-10-20(18,2)21/h16-18H,3-15,21H2,1-2H3. The Morgan fingerprint density at radius 2 is 1.83 bits per heavy atom. The van der Waals surface area contributed by atoms with Gasteiger partial charge < -0.3 is 15.5 Å². The molecule has 1 amide bonds. The van der Waals surface area contributed by atoms with Crippen LogP contribution >= 0.6 is 0 Å². The van der Waals surface area contributed by atoms with E-state index in [0.717, 1.165) is 44.7 Å². The first kappa shape index (κ1) is 18.2. The monoisotopic (exact) mass is 335 g/mol. The van der Waals surface area contributed by atoms with Crippen molar-refractivity contribution in [1.29, 1.82) is 0 Å². The summed E-state index contributed by atoms with van der Waals surface area (Å²) in [6.07, 6.45) is 9.42. The Morgan fingerprint density at radius 3 is 2.54 bits per heavy atom. The number of nitrogens with two attached hydrogens (primary N) is 1. The average Bonchev–Trinajstić information content (AvgIpc) is 2.56. The molecule has 3 atom stereocenters. The summed E-state index contributed by atoms with van der Waals surface area (Å²) < 4.78 is 0. The molecule has 2 N–H and O–H groups in total. The average molecular weight is 336 g/mol. The van der Waals surface area contributed by atoms with E-state index in [1.807, 2.05) is 0 Å². The molecule has 24 heavy (non-hydrogen) atoms. The zero-order valence-corrected chi connectivity index (χ0v) is 15.8. The second kappa shape index (κ2) is 7.74. The highest BCUT2D eigenvalue weighted by Crippen LogP contribution is 2.34. The van der Waals surface area contributed by atoms with Gasteiger partial charge in [0.2, 0.25) is 5.91 Å². The van der Waals surface area contributed by atoms with E-state index >= 15 is 0 Å². The van der Waals surface area contributed by atoms with Crippen molar-refractivity contribution in [2.75, 3.05) is 32.7 Å². The van der Waals surface area contributed by atoms with Crippen LogP contribution in [0, 0.1) is 17.8 Å². The van der Waals surface area contributed by atoms with Crippen molar-refractivity contribution in [3.05, 3.63) is 0 Å². The predicted octanol–water partition coefficient (Wildman–Crippen LogP) is 2.86. The number of carbonyl (C=O) groups is 1. The number of amides is 1. The highest BCUT2D eigenvalue weighted by atomic mass is 16.2. The Labute approximate surface area is 148 Å². The molecule has 2 aliphatic heterocycles. The van der Waals surface area contributed by atoms with Gasteiger partial charge in [-0.15, -0.1) is 0 Å². The number of rotatable bonds is 3. The second-order valence-electron chi connectivity index (χ2n) is 9.08. The Morgan fingerprint density at radius 1 is 1.08 bits per heavy atom. The van der Waals surface area contributed by atoms with Crippen LogP contribution in [0.25, 0.3) is 0 Å². The van der Waals surface area contributed by atoms with Gasteiger partial charge in [-0.2, -0.15) is 0 Å². The van der Waals surface area contributed by atoms with Gasteiger partial charge in [0.15, 0.2) is 0 Å². The van der Waals surface area contributed by atoms with Crippen LogP contribution in [0.15, 0.2) is 0 Å². The first-order chi connectivity index (χ1) is 11.5. The van der Waals surface area contributed by atoms with Crippen LogP contribution in [0.4, 0.5) is 0 Å². The molecule has 0 aromatic carbocycles. The molecule has 3 fully saturated rings. The van der Waals surface area contributed by atoms with Crippen molar-refractivity contribution in [1.82, 2.24) is 9.80 Å². The Hall–Kier alpha value is -0.610. The predicted molar refractivity (Wildman–Crippen MR) is 98.7 cm³/mol. The van der Waals surface area contributed by atoms with Crippen LogP contribution in [0.5, 0.6) is 0 Å². The van der Waals surface area contributed by atoms with E-state index < -0.39 is 0 Å². The molecule has 4 nitrogen and oxygen atoms in total. The molecule has 0 aromatic rings. The molecule has 0 aromatic heterocycles. The van der Waals surface area contributed by atoms with E-state index in [4.69, 9.17) is 5.73 Å². The highest BCUT2D eigenvalue weighted by molar-refractivity contribution is 5.80. The van der Waals surface area contributed by atoms with Crippen molar-refractivity contribution in [3.8, 4) is 0 Å². The largest absolute Gasteiger partial charge is 0.342 e. The number of hydrogen-bond acceptors (Lipinski definition) is 3. The molecular weight excluding hydrogens is 298 g/mol. The normalized spacial score (nSPS) is 36.7. The lowest BCUT2D eigenvalue weighted by Crippen LogP contribution is -2.55. The van der Waals surface area contributed by atoms with E-state index in [0.29, 0.717) is 11.8 Å². The lowest BCUT2D eigenvalue weighted by atomic mass is 9.73. The van der Waals surface area contributed by atoms with Crippen molar-refractivity contribution in [2.45, 2.75) is 70.8 Å². The summed E-state index contributed by atoms with van der Waals surface area (Å²) in [6.45, 7) is 10.0. The zero-order chi connectivity index (χ0) is 17.2. The smallest absolute Gasteiger partial charge is 0.227 e. The van der Waals surface area contributed by atoms with Crippen LogP contribution in [0.1, 0.15) is 65.2 Å². The minimum absolute atomic E-state index is 0.0424. The SMILES string of the molecule is CC1CCN(CC2CCCN(C(=O)C3CCCCC3(C)N)C2)CC1. The van der Waals surface area contributed by atoms with Crippen LogP contribution < -0.4 is 5.73 Å². The van der Waals surface area contributed by atoms with Gasteiger partial charge in [-0.1, -0.05) is 19.8 Å². The van der Waals surface area contributed by atoms with Crippen molar-refractivity contribution >= 4 is 5.91 Å². The fraction of sp³-hybridized carbons (Fsp3) is 0.950. The van der Waals surface area contributed by atoms with Gasteiger partial charge in [-0.05, 0) is 70.4 Å². The number of hydrogen-bond donors (Lipinski definition) is 1. The first-order valence-corrected chi connectivity index (χ1v) is 10.3. The molecule has 3 aliphatic rings. The molecule has 0 radical (unpaired) electrons. The van der Waals surface area contributed by atoms with Gasteiger partial charge in [-0.25, -0.2) is 0 Å². The molecule has 0 bridgehead atoms. The molecule has 4 heteroatoms. The number of likely N-dealkylation sites (tertiary alicyclic amines) is 2. The maximum Gasteiger partial charge on any atom is 0.227 e. The Kier molecular flexibility index (Phi) is 5.86. The van der Waals surface area contributed by atoms with E-state index in [1.165, 1.54) is 45.3 Å². The van der Waals surface area contributed by atoms with Crippen LogP contribution in [0.2, 0.25) is 0 Å². The summed E-state index contributed by atoms with van der Waals surface area (Å²) in [5.41, 5.74) is 6.17. The Balaban J connectivity index is 1.54. The minimum Gasteiger partial charge on any atom is -0.342 e. The minimum atomic E-state index is -0.300. The molecule has 2 saturated heterocycles. The van der Waals surface area contributed by atoms with Crippen molar-refractivity contribution < 1.29 is 4.79 Å². The van der Waals surface area contributed by atoms with Gasteiger partial charge in [0.05, 0.1) is 5.92 Å². The quantitative estimate of drug-likeness (QED) is 0.863. The molecule has 0 spiro atoms. The third kappa shape index (κ3) is 4.32. The molecule has 2 heterocycles. The summed E-state index contributed by atoms with van der Waals surface area (Å²) in [6, 6.07) is 0. The van der Waals surface area contributed by atoms with Crippen LogP contribution in [-0.4, -0.2) is 54.0 Å². The van der Waals surface area contributed by atoms with Gasteiger partial charge in [0.25, 0.3) is 0 Å². The molecule has 1 saturated carbocycles. The van der Waals surface area contributed by atoms with Gasteiger partial charge in [0.1, 0.15) is 0 Å². The number of carbonyl (C=O) groups excluding carboxylic acids is 1. The summed E-state index contributed by atoms with van der Waals surface area (Å²) in [7, 11) is 0. The van der Waals surface area contributed by atoms with Crippen molar-refractivity contribution in [2.24, 2.45) is 23.5 Å². The molecule has 138 valence electrons. The summed E-state index contributed by atoms with van der Waals surface area (Å²) >= 11 is 0. The molecule has 1 aliphatic carbocycles. The maximum atomic E-state index is 13.1. The van der Waals surface area contributed by atoms with Crippen LogP contribution in [0.3, 0.4) is 0 Å². The summed E-state index contributed by atoms with van der Waals surface area (Å²) in [5, 5.41) is 0. The number of piperidine rings is 2. The first-order valence-electron chi connectivity index (χ1n) is 10.3. The Bertz CT molecular complexity index is 429. The fourth-order valence-corrected chi connectivity index (χ4v) is 5.01. The maximum absolute atomic E-state index is 13.1. The third-order valence-electron chi connectivity index (χ3n) is 6.78. The topological polar surface area (TPSA) is 49.6 Å². The summed E-state index contributed by atoms with van der Waals surface area (Å²) in [4.78, 5) is 17.9. The second-order valence-corrected chi connectivity index (χ2v) is 9.08. The fourth-order valence-electron chi connectivity index (χ4n) is 5.01. The van der Waals surface area contributed by atoms with E-state index in [-0.39, 0.29) is 11.5 Å². The zero-order valence-electron chi connectivity index (χ0n) is 15.8. The van der Waals surface area contributed by atoms with E-state index in [1.54, 1.807) is 0 Å². The van der Waals surface area contributed by atoms with Crippen LogP contribution in [-0.2, 0) is 4.79 Å². The van der Waals surface area contributed by atoms with E-state index in [2.05, 4.69) is 23.6 Å². The van der Waals surface area contributed by atoms with Gasteiger partial charge in [-0.3, -0.25) is 4.79 Å².